The summed E-state index contributed by atoms with van der Waals surface area (Å²) < 4.78 is 2.87. The molecule has 2 N–H and O–H groups in total. The van der Waals surface area contributed by atoms with E-state index in [9.17, 15) is 5.11 Å². The van der Waals surface area contributed by atoms with Crippen molar-refractivity contribution in [1.82, 2.24) is 9.38 Å². The maximum Gasteiger partial charge on any atom is 0.137 e. The Labute approximate surface area is 114 Å². The maximum atomic E-state index is 10.5. The van der Waals surface area contributed by atoms with Crippen LogP contribution in [0, 0.1) is 0 Å². The molecule has 0 aliphatic heterocycles. The Hall–Kier alpha value is -1.07. The zero-order chi connectivity index (χ0) is 12.6. The van der Waals surface area contributed by atoms with Crippen molar-refractivity contribution in [1.29, 1.82) is 0 Å². The minimum atomic E-state index is -0.751. The number of pyridine rings is 1. The highest BCUT2D eigenvalue weighted by Gasteiger charge is 2.28. The molecule has 96 valence electrons. The monoisotopic (exact) mass is 309 g/mol. The van der Waals surface area contributed by atoms with Gasteiger partial charge in [-0.2, -0.15) is 0 Å². The van der Waals surface area contributed by atoms with Crippen LogP contribution < -0.4 is 5.32 Å². The molecule has 1 saturated carbocycles. The van der Waals surface area contributed by atoms with E-state index in [0.29, 0.717) is 0 Å². The number of halogens is 1. The van der Waals surface area contributed by atoms with Crippen molar-refractivity contribution in [2.24, 2.45) is 0 Å². The van der Waals surface area contributed by atoms with Crippen molar-refractivity contribution in [2.45, 2.75) is 37.8 Å². The average molecular weight is 310 g/mol. The second-order valence-electron chi connectivity index (χ2n) is 4.94. The summed E-state index contributed by atoms with van der Waals surface area (Å²) in [5.74, 6) is 0. The number of aliphatic hydroxyl groups is 1. The summed E-state index contributed by atoms with van der Waals surface area (Å²) in [5.41, 5.74) is 1.06. The first-order valence-corrected chi connectivity index (χ1v) is 7.09. The van der Waals surface area contributed by atoms with E-state index in [-0.39, 0.29) is 0 Å². The van der Waals surface area contributed by atoms with E-state index in [2.05, 4.69) is 26.2 Å². The highest BCUT2D eigenvalue weighted by molar-refractivity contribution is 9.10. The first-order valence-electron chi connectivity index (χ1n) is 6.29. The number of rotatable bonds is 2. The molecule has 18 heavy (non-hydrogen) atoms. The topological polar surface area (TPSA) is 49.6 Å². The Morgan fingerprint density at radius 3 is 2.83 bits per heavy atom. The fourth-order valence-electron chi connectivity index (χ4n) is 2.56. The zero-order valence-corrected chi connectivity index (χ0v) is 11.7. The minimum absolute atomic E-state index is 0.751. The lowest BCUT2D eigenvalue weighted by Gasteiger charge is -2.33. The van der Waals surface area contributed by atoms with Crippen molar-refractivity contribution in [3.8, 4) is 0 Å². The predicted octanol–water partition coefficient (Wildman–Crippen LogP) is 3.16. The third-order valence-corrected chi connectivity index (χ3v) is 4.11. The van der Waals surface area contributed by atoms with Gasteiger partial charge in [0.05, 0.1) is 11.9 Å². The van der Waals surface area contributed by atoms with Crippen LogP contribution in [0.25, 0.3) is 5.65 Å². The molecule has 0 radical (unpaired) electrons. The lowest BCUT2D eigenvalue weighted by atomic mass is 9.91. The van der Waals surface area contributed by atoms with Crippen LogP contribution in [0.5, 0.6) is 0 Å². The van der Waals surface area contributed by atoms with E-state index < -0.39 is 5.72 Å². The fraction of sp³-hybridized carbons (Fsp3) is 0.462. The lowest BCUT2D eigenvalue weighted by Crippen LogP contribution is -2.39. The molecule has 0 saturated heterocycles. The van der Waals surface area contributed by atoms with Crippen LogP contribution in [-0.2, 0) is 0 Å². The molecular weight excluding hydrogens is 294 g/mol. The number of nitrogens with zero attached hydrogens (tertiary/aromatic N) is 2. The van der Waals surface area contributed by atoms with Gasteiger partial charge in [0.25, 0.3) is 0 Å². The third-order valence-electron chi connectivity index (χ3n) is 3.52. The summed E-state index contributed by atoms with van der Waals surface area (Å²) in [6.07, 6.45) is 8.75. The Balaban J connectivity index is 1.87. The Morgan fingerprint density at radius 1 is 1.28 bits per heavy atom. The van der Waals surface area contributed by atoms with Crippen LogP contribution in [0.4, 0.5) is 5.69 Å². The van der Waals surface area contributed by atoms with Crippen LogP contribution in [0.3, 0.4) is 0 Å². The first-order chi connectivity index (χ1) is 8.66. The van der Waals surface area contributed by atoms with Gasteiger partial charge in [0.2, 0.25) is 0 Å². The third kappa shape index (κ3) is 2.24. The number of nitrogens with one attached hydrogen (secondary N) is 1. The van der Waals surface area contributed by atoms with Gasteiger partial charge >= 0.3 is 0 Å². The number of imidazole rings is 1. The highest BCUT2D eigenvalue weighted by Crippen LogP contribution is 2.29. The van der Waals surface area contributed by atoms with Gasteiger partial charge in [0.15, 0.2) is 0 Å². The molecule has 0 unspecified atom stereocenters. The van der Waals surface area contributed by atoms with Gasteiger partial charge < -0.3 is 10.4 Å². The van der Waals surface area contributed by atoms with Crippen LogP contribution in [0.1, 0.15) is 32.1 Å². The Bertz CT molecular complexity index is 560. The van der Waals surface area contributed by atoms with Crippen LogP contribution >= 0.6 is 15.9 Å². The first kappa shape index (κ1) is 12.0. The van der Waals surface area contributed by atoms with Crippen molar-refractivity contribution in [3.05, 3.63) is 29.1 Å². The largest absolute Gasteiger partial charge is 0.371 e. The smallest absolute Gasteiger partial charge is 0.137 e. The molecule has 0 amide bonds. The number of hydrogen-bond donors (Lipinski definition) is 2. The van der Waals surface area contributed by atoms with Crippen molar-refractivity contribution >= 4 is 27.3 Å². The predicted molar refractivity (Wildman–Crippen MR) is 74.5 cm³/mol. The summed E-state index contributed by atoms with van der Waals surface area (Å²) in [6.45, 7) is 0. The summed E-state index contributed by atoms with van der Waals surface area (Å²) >= 11 is 3.45. The highest BCUT2D eigenvalue weighted by atomic mass is 79.9. The second kappa shape index (κ2) is 4.55. The van der Waals surface area contributed by atoms with Crippen LogP contribution in [-0.4, -0.2) is 20.2 Å². The van der Waals surface area contributed by atoms with Gasteiger partial charge in [-0.3, -0.25) is 4.40 Å². The normalized spacial score (nSPS) is 19.0. The number of hydrogen-bond acceptors (Lipinski definition) is 3. The molecule has 4 nitrogen and oxygen atoms in total. The van der Waals surface area contributed by atoms with E-state index >= 15 is 0 Å². The molecule has 5 heteroatoms. The quantitative estimate of drug-likeness (QED) is 0.838. The van der Waals surface area contributed by atoms with E-state index in [4.69, 9.17) is 0 Å². The Kier molecular flexibility index (Phi) is 3.03. The van der Waals surface area contributed by atoms with Crippen LogP contribution in [0.15, 0.2) is 29.1 Å². The molecule has 3 rings (SSSR count). The molecule has 1 fully saturated rings. The van der Waals surface area contributed by atoms with E-state index in [0.717, 1.165) is 41.6 Å². The number of aromatic nitrogens is 2. The SMILES string of the molecule is OC1(Nc2ccc3ncc(Br)n3c2)CCCCC1. The van der Waals surface area contributed by atoms with E-state index in [1.807, 2.05) is 22.7 Å². The second-order valence-corrected chi connectivity index (χ2v) is 5.76. The summed E-state index contributed by atoms with van der Waals surface area (Å²) in [7, 11) is 0. The molecule has 2 aromatic rings. The van der Waals surface area contributed by atoms with Gasteiger partial charge in [-0.25, -0.2) is 4.98 Å². The molecular formula is C13H16BrN3O. The maximum absolute atomic E-state index is 10.5. The molecule has 2 heterocycles. The van der Waals surface area contributed by atoms with Gasteiger partial charge in [-0.05, 0) is 53.7 Å². The van der Waals surface area contributed by atoms with Crippen molar-refractivity contribution in [3.63, 3.8) is 0 Å². The molecule has 0 atom stereocenters. The minimum Gasteiger partial charge on any atom is -0.371 e. The van der Waals surface area contributed by atoms with E-state index in [1.54, 1.807) is 6.20 Å². The van der Waals surface area contributed by atoms with Crippen LogP contribution in [0.2, 0.25) is 0 Å². The molecule has 1 aliphatic carbocycles. The average Bonchev–Trinajstić information content (AvgIpc) is 2.71. The summed E-state index contributed by atoms with van der Waals surface area (Å²) in [5, 5.41) is 13.7. The van der Waals surface area contributed by atoms with Gasteiger partial charge in [0.1, 0.15) is 16.0 Å². The lowest BCUT2D eigenvalue weighted by molar-refractivity contribution is 0.0317. The molecule has 2 aromatic heterocycles. The van der Waals surface area contributed by atoms with Gasteiger partial charge in [0, 0.05) is 6.20 Å². The fourth-order valence-corrected chi connectivity index (χ4v) is 2.94. The summed E-state index contributed by atoms with van der Waals surface area (Å²) in [6, 6.07) is 3.90. The van der Waals surface area contributed by atoms with Crippen molar-refractivity contribution in [2.75, 3.05) is 5.32 Å². The molecule has 1 aliphatic rings. The van der Waals surface area contributed by atoms with Gasteiger partial charge in [-0.1, -0.05) is 6.42 Å². The van der Waals surface area contributed by atoms with E-state index in [1.165, 1.54) is 6.42 Å². The number of anilines is 1. The zero-order valence-electron chi connectivity index (χ0n) is 10.1. The molecule has 0 spiro atoms. The molecule has 0 aromatic carbocycles. The standard InChI is InChI=1S/C13H16BrN3O/c14-11-8-15-12-5-4-10(9-17(11)12)16-13(18)6-2-1-3-7-13/h4-5,8-9,16,18H,1-3,6-7H2. The van der Waals surface area contributed by atoms with Gasteiger partial charge in [-0.15, -0.1) is 0 Å². The Morgan fingerprint density at radius 2 is 2.06 bits per heavy atom. The summed E-state index contributed by atoms with van der Waals surface area (Å²) in [4.78, 5) is 4.25. The molecule has 0 bridgehead atoms. The number of fused-ring (bicyclic) bond motifs is 1. The van der Waals surface area contributed by atoms with Crippen molar-refractivity contribution < 1.29 is 5.11 Å².